The molecule has 1 heterocycles. The van der Waals surface area contributed by atoms with E-state index in [2.05, 4.69) is 10.2 Å². The number of hydrogen-bond acceptors (Lipinski definition) is 3. The average molecular weight is 325 g/mol. The minimum absolute atomic E-state index is 0.00968. The molecule has 1 aromatic rings. The molecule has 0 saturated carbocycles. The van der Waals surface area contributed by atoms with Crippen LogP contribution >= 0.6 is 11.6 Å². The van der Waals surface area contributed by atoms with Crippen molar-refractivity contribution in [1.82, 2.24) is 10.2 Å². The highest BCUT2D eigenvalue weighted by atomic mass is 35.5. The zero-order valence-corrected chi connectivity index (χ0v) is 14.2. The number of rotatable bonds is 5. The van der Waals surface area contributed by atoms with Gasteiger partial charge in [-0.05, 0) is 45.0 Å². The van der Waals surface area contributed by atoms with Gasteiger partial charge in [-0.25, -0.2) is 0 Å². The molecule has 1 saturated heterocycles. The second-order valence-corrected chi connectivity index (χ2v) is 6.28. The lowest BCUT2D eigenvalue weighted by molar-refractivity contribution is -0.126. The van der Waals surface area contributed by atoms with Gasteiger partial charge in [0.2, 0.25) is 5.91 Å². The summed E-state index contributed by atoms with van der Waals surface area (Å²) in [6, 6.07) is 5.65. The van der Waals surface area contributed by atoms with Crippen molar-refractivity contribution in [3.8, 4) is 5.75 Å². The molecule has 1 fully saturated rings. The van der Waals surface area contributed by atoms with E-state index < -0.39 is 0 Å². The van der Waals surface area contributed by atoms with Gasteiger partial charge in [-0.1, -0.05) is 36.6 Å². The molecule has 22 heavy (non-hydrogen) atoms. The zero-order chi connectivity index (χ0) is 15.9. The number of benzene rings is 1. The number of likely N-dealkylation sites (N-methyl/N-ethyl adjacent to an activating group) is 1. The summed E-state index contributed by atoms with van der Waals surface area (Å²) in [6.45, 7) is 3.87. The molecule has 4 nitrogen and oxygen atoms in total. The molecule has 0 radical (unpaired) electrons. The molecule has 1 atom stereocenters. The van der Waals surface area contributed by atoms with Crippen molar-refractivity contribution in [1.29, 1.82) is 0 Å². The van der Waals surface area contributed by atoms with Crippen LogP contribution in [0.2, 0.25) is 5.02 Å². The predicted molar refractivity (Wildman–Crippen MR) is 89.6 cm³/mol. The molecule has 2 rings (SSSR count). The minimum atomic E-state index is -0.00968. The normalized spacial score (nSPS) is 19.5. The Morgan fingerprint density at radius 2 is 2.23 bits per heavy atom. The summed E-state index contributed by atoms with van der Waals surface area (Å²) in [5.74, 6) is 0.800. The molecule has 122 valence electrons. The molecule has 1 N–H and O–H groups in total. The van der Waals surface area contributed by atoms with Crippen molar-refractivity contribution in [2.24, 2.45) is 0 Å². The maximum atomic E-state index is 12.3. The minimum Gasteiger partial charge on any atom is -0.490 e. The van der Waals surface area contributed by atoms with Gasteiger partial charge >= 0.3 is 0 Å². The molecule has 1 amide bonds. The van der Waals surface area contributed by atoms with Crippen LogP contribution in [-0.4, -0.2) is 43.6 Å². The van der Waals surface area contributed by atoms with Gasteiger partial charge in [0.25, 0.3) is 0 Å². The van der Waals surface area contributed by atoms with Crippen LogP contribution < -0.4 is 10.1 Å². The van der Waals surface area contributed by atoms with E-state index in [0.29, 0.717) is 23.9 Å². The maximum Gasteiger partial charge on any atom is 0.237 e. The first-order chi connectivity index (χ1) is 10.6. The van der Waals surface area contributed by atoms with Gasteiger partial charge < -0.3 is 10.1 Å². The Kier molecular flexibility index (Phi) is 6.52. The average Bonchev–Trinajstić information content (AvgIpc) is 2.70. The van der Waals surface area contributed by atoms with Crippen LogP contribution in [0.4, 0.5) is 0 Å². The maximum absolute atomic E-state index is 12.3. The fourth-order valence-electron chi connectivity index (χ4n) is 2.83. The summed E-state index contributed by atoms with van der Waals surface area (Å²) in [6.07, 6.45) is 4.45. The quantitative estimate of drug-likeness (QED) is 0.847. The number of carbonyl (C=O) groups is 1. The highest BCUT2D eigenvalue weighted by Crippen LogP contribution is 2.27. The Hall–Kier alpha value is -1.26. The van der Waals surface area contributed by atoms with Gasteiger partial charge in [0.15, 0.2) is 0 Å². The van der Waals surface area contributed by atoms with E-state index in [1.807, 2.05) is 32.2 Å². The van der Waals surface area contributed by atoms with E-state index in [1.165, 1.54) is 12.8 Å². The van der Waals surface area contributed by atoms with Crippen LogP contribution in [-0.2, 0) is 4.79 Å². The van der Waals surface area contributed by atoms with Gasteiger partial charge in [-0.15, -0.1) is 0 Å². The van der Waals surface area contributed by atoms with Crippen LogP contribution in [0.3, 0.4) is 0 Å². The van der Waals surface area contributed by atoms with Crippen LogP contribution in [0.15, 0.2) is 18.2 Å². The van der Waals surface area contributed by atoms with E-state index in [1.54, 1.807) is 0 Å². The Morgan fingerprint density at radius 1 is 1.41 bits per heavy atom. The Morgan fingerprint density at radius 3 is 3.00 bits per heavy atom. The standard InChI is InChI=1S/C17H25ClN2O2/c1-13-7-6-8-14(18)16(13)22-12-10-19-17(21)15-9-4-3-5-11-20(15)2/h6-8,15H,3-5,9-12H2,1-2H3,(H,19,21). The monoisotopic (exact) mass is 324 g/mol. The van der Waals surface area contributed by atoms with Crippen molar-refractivity contribution >= 4 is 17.5 Å². The number of carbonyl (C=O) groups excluding carboxylic acids is 1. The van der Waals surface area contributed by atoms with E-state index >= 15 is 0 Å². The van der Waals surface area contributed by atoms with Crippen LogP contribution in [0, 0.1) is 6.92 Å². The lowest BCUT2D eigenvalue weighted by Gasteiger charge is -2.24. The summed E-state index contributed by atoms with van der Waals surface area (Å²) in [7, 11) is 2.03. The van der Waals surface area contributed by atoms with Gasteiger partial charge in [0.1, 0.15) is 12.4 Å². The molecule has 1 aliphatic heterocycles. The number of aryl methyl sites for hydroxylation is 1. The van der Waals surface area contributed by atoms with Crippen molar-refractivity contribution in [3.63, 3.8) is 0 Å². The molecule has 1 aliphatic rings. The van der Waals surface area contributed by atoms with Crippen LogP contribution in [0.5, 0.6) is 5.75 Å². The number of amides is 1. The number of nitrogens with one attached hydrogen (secondary N) is 1. The number of ether oxygens (including phenoxy) is 1. The Balaban J connectivity index is 1.77. The molecule has 1 unspecified atom stereocenters. The second kappa shape index (κ2) is 8.39. The number of nitrogens with zero attached hydrogens (tertiary/aromatic N) is 1. The van der Waals surface area contributed by atoms with E-state index in [0.717, 1.165) is 24.9 Å². The Bertz CT molecular complexity index is 487. The van der Waals surface area contributed by atoms with Crippen molar-refractivity contribution in [3.05, 3.63) is 28.8 Å². The fourth-order valence-corrected chi connectivity index (χ4v) is 3.10. The lowest BCUT2D eigenvalue weighted by Crippen LogP contribution is -2.45. The predicted octanol–water partition coefficient (Wildman–Crippen LogP) is 3.02. The summed E-state index contributed by atoms with van der Waals surface area (Å²) >= 11 is 6.11. The van der Waals surface area contributed by atoms with Gasteiger partial charge in [0.05, 0.1) is 17.6 Å². The molecule has 0 aliphatic carbocycles. The molecular weight excluding hydrogens is 300 g/mol. The topological polar surface area (TPSA) is 41.6 Å². The summed E-state index contributed by atoms with van der Waals surface area (Å²) in [4.78, 5) is 14.4. The third-order valence-electron chi connectivity index (χ3n) is 4.13. The van der Waals surface area contributed by atoms with E-state index in [9.17, 15) is 4.79 Å². The van der Waals surface area contributed by atoms with Crippen molar-refractivity contribution < 1.29 is 9.53 Å². The molecule has 0 spiro atoms. The first-order valence-corrected chi connectivity index (χ1v) is 8.33. The largest absolute Gasteiger partial charge is 0.490 e. The van der Waals surface area contributed by atoms with Crippen molar-refractivity contribution in [2.45, 2.75) is 38.6 Å². The molecule has 1 aromatic carbocycles. The third-order valence-corrected chi connectivity index (χ3v) is 4.43. The molecule has 0 aromatic heterocycles. The molecule has 5 heteroatoms. The Labute approximate surface area is 137 Å². The number of likely N-dealkylation sites (tertiary alicyclic amines) is 1. The summed E-state index contributed by atoms with van der Waals surface area (Å²) < 4.78 is 5.70. The summed E-state index contributed by atoms with van der Waals surface area (Å²) in [5.41, 5.74) is 1.00. The number of hydrogen-bond donors (Lipinski definition) is 1. The van der Waals surface area contributed by atoms with Gasteiger partial charge in [-0.2, -0.15) is 0 Å². The highest BCUT2D eigenvalue weighted by Gasteiger charge is 2.24. The second-order valence-electron chi connectivity index (χ2n) is 5.87. The SMILES string of the molecule is Cc1cccc(Cl)c1OCCNC(=O)C1CCCCCN1C. The van der Waals surface area contributed by atoms with Gasteiger partial charge in [-0.3, -0.25) is 9.69 Å². The number of para-hydroxylation sites is 1. The lowest BCUT2D eigenvalue weighted by atomic mass is 10.1. The van der Waals surface area contributed by atoms with Gasteiger partial charge in [0, 0.05) is 0 Å². The first-order valence-electron chi connectivity index (χ1n) is 7.95. The van der Waals surface area contributed by atoms with E-state index in [4.69, 9.17) is 16.3 Å². The van der Waals surface area contributed by atoms with Crippen LogP contribution in [0.25, 0.3) is 0 Å². The van der Waals surface area contributed by atoms with Crippen LogP contribution in [0.1, 0.15) is 31.2 Å². The summed E-state index contributed by atoms with van der Waals surface area (Å²) in [5, 5.41) is 3.58. The van der Waals surface area contributed by atoms with Crippen molar-refractivity contribution in [2.75, 3.05) is 26.7 Å². The molecular formula is C17H25ClN2O2. The number of halogens is 1. The molecule has 0 bridgehead atoms. The fraction of sp³-hybridized carbons (Fsp3) is 0.588. The van der Waals surface area contributed by atoms with E-state index in [-0.39, 0.29) is 11.9 Å². The third kappa shape index (κ3) is 4.62. The first kappa shape index (κ1) is 17.1. The highest BCUT2D eigenvalue weighted by molar-refractivity contribution is 6.32. The zero-order valence-electron chi connectivity index (χ0n) is 13.4. The smallest absolute Gasteiger partial charge is 0.237 e.